The molecule has 0 aliphatic heterocycles. The predicted octanol–water partition coefficient (Wildman–Crippen LogP) is 4.48. The van der Waals surface area contributed by atoms with E-state index in [0.29, 0.717) is 35.5 Å². The van der Waals surface area contributed by atoms with E-state index in [0.717, 1.165) is 32.1 Å². The molecule has 0 spiro atoms. The van der Waals surface area contributed by atoms with Crippen LogP contribution >= 0.6 is 0 Å². The van der Waals surface area contributed by atoms with Crippen LogP contribution in [0.25, 0.3) is 0 Å². The van der Waals surface area contributed by atoms with Crippen molar-refractivity contribution in [3.63, 3.8) is 0 Å². The van der Waals surface area contributed by atoms with E-state index in [-0.39, 0.29) is 29.5 Å². The van der Waals surface area contributed by atoms with E-state index in [9.17, 15) is 15.0 Å². The molecule has 0 aromatic heterocycles. The highest BCUT2D eigenvalue weighted by molar-refractivity contribution is 5.66. The molecular weight excluding hydrogens is 352 g/mol. The van der Waals surface area contributed by atoms with Crippen LogP contribution in [-0.2, 0) is 4.79 Å². The molecule has 4 aliphatic carbocycles. The topological polar surface area (TPSA) is 77.8 Å². The van der Waals surface area contributed by atoms with Crippen molar-refractivity contribution >= 4 is 5.97 Å². The van der Waals surface area contributed by atoms with Crippen LogP contribution in [0.3, 0.4) is 0 Å². The average molecular weight is 393 g/mol. The van der Waals surface area contributed by atoms with Crippen molar-refractivity contribution in [2.75, 3.05) is 0 Å². The zero-order valence-electron chi connectivity index (χ0n) is 17.9. The highest BCUT2D eigenvalue weighted by Crippen LogP contribution is 2.68. The van der Waals surface area contributed by atoms with Gasteiger partial charge in [0.2, 0.25) is 0 Å². The summed E-state index contributed by atoms with van der Waals surface area (Å²) in [4.78, 5) is 11.1. The van der Waals surface area contributed by atoms with Crippen LogP contribution in [0.15, 0.2) is 0 Å². The molecule has 0 heterocycles. The van der Waals surface area contributed by atoms with Crippen LogP contribution in [0.1, 0.15) is 85.0 Å². The quantitative estimate of drug-likeness (QED) is 0.659. The van der Waals surface area contributed by atoms with Crippen LogP contribution in [0.2, 0.25) is 0 Å². The Hall–Kier alpha value is -0.610. The van der Waals surface area contributed by atoms with Crippen LogP contribution < -0.4 is 0 Å². The second kappa shape index (κ2) is 7.27. The summed E-state index contributed by atoms with van der Waals surface area (Å²) >= 11 is 0. The summed E-state index contributed by atoms with van der Waals surface area (Å²) in [6.45, 7) is 7.16. The number of carboxylic acid groups (broad SMARTS) is 1. The number of hydrogen-bond acceptors (Lipinski definition) is 3. The van der Waals surface area contributed by atoms with Gasteiger partial charge in [-0.2, -0.15) is 0 Å². The molecule has 4 aliphatic rings. The third-order valence-corrected chi connectivity index (χ3v) is 10.2. The monoisotopic (exact) mass is 392 g/mol. The predicted molar refractivity (Wildman–Crippen MR) is 109 cm³/mol. The fourth-order valence-electron chi connectivity index (χ4n) is 8.73. The number of aliphatic carboxylic acids is 1. The first-order chi connectivity index (χ1) is 13.2. The molecule has 4 rings (SSSR count). The molecule has 0 radical (unpaired) electrons. The van der Waals surface area contributed by atoms with Gasteiger partial charge >= 0.3 is 5.97 Å². The molecule has 4 heteroatoms. The van der Waals surface area contributed by atoms with Crippen molar-refractivity contribution < 1.29 is 20.1 Å². The number of carbonyl (C=O) groups is 1. The van der Waals surface area contributed by atoms with Gasteiger partial charge in [0, 0.05) is 6.42 Å². The molecular formula is C24H40O4. The van der Waals surface area contributed by atoms with Crippen LogP contribution in [0.4, 0.5) is 0 Å². The van der Waals surface area contributed by atoms with Gasteiger partial charge in [0.05, 0.1) is 12.2 Å². The average Bonchev–Trinajstić information content (AvgIpc) is 2.98. The number of aliphatic hydroxyl groups is 2. The van der Waals surface area contributed by atoms with Gasteiger partial charge in [-0.3, -0.25) is 4.79 Å². The Labute approximate surface area is 170 Å². The number of aliphatic hydroxyl groups excluding tert-OH is 2. The van der Waals surface area contributed by atoms with Crippen molar-refractivity contribution in [2.24, 2.45) is 46.3 Å². The molecule has 0 aromatic rings. The Balaban J connectivity index is 1.55. The summed E-state index contributed by atoms with van der Waals surface area (Å²) in [5.74, 6) is 2.36. The minimum atomic E-state index is -0.684. The van der Waals surface area contributed by atoms with Gasteiger partial charge in [0.25, 0.3) is 0 Å². The molecule has 10 atom stereocenters. The second-order valence-corrected chi connectivity index (χ2v) is 11.4. The second-order valence-electron chi connectivity index (χ2n) is 11.4. The maximum Gasteiger partial charge on any atom is 0.303 e. The molecule has 3 N–H and O–H groups in total. The van der Waals surface area contributed by atoms with E-state index in [1.54, 1.807) is 0 Å². The maximum absolute atomic E-state index is 11.2. The first kappa shape index (κ1) is 20.7. The van der Waals surface area contributed by atoms with Crippen molar-refractivity contribution in [3.8, 4) is 0 Å². The zero-order valence-corrected chi connectivity index (χ0v) is 17.9. The minimum Gasteiger partial charge on any atom is -0.481 e. The van der Waals surface area contributed by atoms with Crippen LogP contribution in [-0.4, -0.2) is 33.5 Å². The van der Waals surface area contributed by atoms with E-state index < -0.39 is 5.97 Å². The van der Waals surface area contributed by atoms with E-state index in [4.69, 9.17) is 5.11 Å². The number of rotatable bonds is 4. The van der Waals surface area contributed by atoms with E-state index in [1.165, 1.54) is 25.7 Å². The Morgan fingerprint density at radius 2 is 1.68 bits per heavy atom. The number of carboxylic acids is 1. The Bertz CT molecular complexity index is 605. The molecule has 0 unspecified atom stereocenters. The molecule has 160 valence electrons. The Morgan fingerprint density at radius 1 is 1.00 bits per heavy atom. The highest BCUT2D eigenvalue weighted by Gasteiger charge is 2.62. The smallest absolute Gasteiger partial charge is 0.303 e. The molecule has 0 saturated heterocycles. The third-order valence-electron chi connectivity index (χ3n) is 10.2. The fourth-order valence-corrected chi connectivity index (χ4v) is 8.73. The maximum atomic E-state index is 11.2. The van der Waals surface area contributed by atoms with Gasteiger partial charge in [-0.25, -0.2) is 0 Å². The van der Waals surface area contributed by atoms with E-state index >= 15 is 0 Å². The van der Waals surface area contributed by atoms with Crippen molar-refractivity contribution in [3.05, 3.63) is 0 Å². The standard InChI is InChI=1S/C24H40O4/c1-14(4-7-21(27)28)17-5-6-18-22-19(9-11-24(17,18)3)23(2)10-8-16(25)12-15(23)13-20(22)26/h14-20,22,25-26H,4-13H2,1-3H3,(H,27,28)/t14-,15+,16-,17+,18-,19-,20+,22-,23-,24+/m0/s1. The molecule has 4 fully saturated rings. The highest BCUT2D eigenvalue weighted by atomic mass is 16.4. The van der Waals surface area contributed by atoms with Crippen LogP contribution in [0.5, 0.6) is 0 Å². The van der Waals surface area contributed by atoms with Gasteiger partial charge < -0.3 is 15.3 Å². The summed E-state index contributed by atoms with van der Waals surface area (Å²) in [6.07, 6.45) is 9.19. The van der Waals surface area contributed by atoms with Crippen molar-refractivity contribution in [1.29, 1.82) is 0 Å². The van der Waals surface area contributed by atoms with Gasteiger partial charge in [-0.05, 0) is 104 Å². The lowest BCUT2D eigenvalue weighted by atomic mass is 9.43. The van der Waals surface area contributed by atoms with E-state index in [1.807, 2.05) is 0 Å². The van der Waals surface area contributed by atoms with Gasteiger partial charge in [-0.1, -0.05) is 20.8 Å². The molecule has 4 saturated carbocycles. The molecule has 4 nitrogen and oxygen atoms in total. The normalized spacial score (nSPS) is 51.7. The first-order valence-corrected chi connectivity index (χ1v) is 11.7. The summed E-state index contributed by atoms with van der Waals surface area (Å²) in [5, 5.41) is 30.5. The Kier molecular flexibility index (Phi) is 5.36. The molecule has 28 heavy (non-hydrogen) atoms. The van der Waals surface area contributed by atoms with Crippen molar-refractivity contribution in [1.82, 2.24) is 0 Å². The molecule has 0 aromatic carbocycles. The summed E-state index contributed by atoms with van der Waals surface area (Å²) in [7, 11) is 0. The van der Waals surface area contributed by atoms with Gasteiger partial charge in [-0.15, -0.1) is 0 Å². The van der Waals surface area contributed by atoms with Gasteiger partial charge in [0.15, 0.2) is 0 Å². The van der Waals surface area contributed by atoms with Crippen molar-refractivity contribution in [2.45, 2.75) is 97.2 Å². The minimum absolute atomic E-state index is 0.179. The van der Waals surface area contributed by atoms with E-state index in [2.05, 4.69) is 20.8 Å². The molecule has 0 bridgehead atoms. The SMILES string of the molecule is C[C@@H](CCC(=O)O)[C@H]1CC[C@H]2[C@@H]3[C@H](O)C[C@H]4C[C@@H](O)CC[C@]4(C)[C@H]3CC[C@]12C. The zero-order chi connectivity index (χ0) is 20.3. The third kappa shape index (κ3) is 3.14. The molecule has 0 amide bonds. The van der Waals surface area contributed by atoms with Gasteiger partial charge in [0.1, 0.15) is 0 Å². The fraction of sp³-hybridized carbons (Fsp3) is 0.958. The summed E-state index contributed by atoms with van der Waals surface area (Å²) < 4.78 is 0. The lowest BCUT2D eigenvalue weighted by Crippen LogP contribution is -2.58. The largest absolute Gasteiger partial charge is 0.481 e. The first-order valence-electron chi connectivity index (χ1n) is 11.7. The summed E-state index contributed by atoms with van der Waals surface area (Å²) in [5.41, 5.74) is 0.523. The number of fused-ring (bicyclic) bond motifs is 5. The lowest BCUT2D eigenvalue weighted by molar-refractivity contribution is -0.174. The number of hydrogen-bond donors (Lipinski definition) is 3. The summed E-state index contributed by atoms with van der Waals surface area (Å²) in [6, 6.07) is 0. The Morgan fingerprint density at radius 3 is 2.39 bits per heavy atom. The van der Waals surface area contributed by atoms with Crippen LogP contribution in [0, 0.1) is 46.3 Å². The lowest BCUT2D eigenvalue weighted by Gasteiger charge is -2.62.